The van der Waals surface area contributed by atoms with Crippen LogP contribution in [0.1, 0.15) is 60.2 Å². The number of hydrogen-bond donors (Lipinski definition) is 2. The lowest BCUT2D eigenvalue weighted by atomic mass is 10.0. The summed E-state index contributed by atoms with van der Waals surface area (Å²) in [7, 11) is 0. The first-order valence-electron chi connectivity index (χ1n) is 18.2. The molecular formula is C38H38Cl4N2O10. The third kappa shape index (κ3) is 7.23. The van der Waals surface area contributed by atoms with E-state index in [1.807, 2.05) is 0 Å². The molecule has 2 aromatic carbocycles. The Bertz CT molecular complexity index is 1800. The van der Waals surface area contributed by atoms with Gasteiger partial charge in [-0.1, -0.05) is 68.8 Å². The lowest BCUT2D eigenvalue weighted by Crippen LogP contribution is -2.32. The summed E-state index contributed by atoms with van der Waals surface area (Å²) < 4.78 is 46.1. The second-order valence-corrected chi connectivity index (χ2v) is 16.1. The average molecular weight is 825 g/mol. The number of fused-ring (bicyclic) bond motifs is 2. The fourth-order valence-electron chi connectivity index (χ4n) is 7.65. The van der Waals surface area contributed by atoms with Crippen molar-refractivity contribution in [2.75, 3.05) is 26.4 Å². The van der Waals surface area contributed by atoms with Crippen LogP contribution in [0.25, 0.3) is 22.5 Å². The second-order valence-electron chi connectivity index (χ2n) is 14.5. The molecule has 10 rings (SSSR count). The first-order valence-corrected chi connectivity index (χ1v) is 19.7. The summed E-state index contributed by atoms with van der Waals surface area (Å²) in [5, 5.41) is 30.4. The van der Waals surface area contributed by atoms with Crippen LogP contribution in [0.2, 0.25) is 20.1 Å². The standard InChI is InChI=1S/2C19H19Cl2NO5/c2*20-11-2-1-3-12(21)15(11)16-10(17(27-22-16)9-4-5-9)6-24-14-8-26-18-13(23)7-25-19(14)18/h2*1-3,9,13-14,18-19,23H,4-8H2/t13-,14+,18+,19+;13-,14+,18-,19-/m01/s1. The molecule has 4 aliphatic heterocycles. The Hall–Kier alpha value is -2.30. The average Bonchev–Trinajstić information content (AvgIpc) is 3.84. The van der Waals surface area contributed by atoms with Gasteiger partial charge in [-0.15, -0.1) is 0 Å². The third-order valence-corrected chi connectivity index (χ3v) is 12.0. The summed E-state index contributed by atoms with van der Waals surface area (Å²) in [5.74, 6) is 2.40. The van der Waals surface area contributed by atoms with E-state index in [1.165, 1.54) is 0 Å². The molecule has 4 saturated heterocycles. The van der Waals surface area contributed by atoms with Gasteiger partial charge in [0.05, 0.1) is 59.7 Å². The molecule has 12 nitrogen and oxygen atoms in total. The van der Waals surface area contributed by atoms with Crippen LogP contribution in [0, 0.1) is 0 Å². The number of hydrogen-bond acceptors (Lipinski definition) is 12. The van der Waals surface area contributed by atoms with E-state index in [0.717, 1.165) is 48.3 Å². The van der Waals surface area contributed by atoms with Crippen LogP contribution in [0.4, 0.5) is 0 Å². The molecule has 2 aliphatic carbocycles. The van der Waals surface area contributed by atoms with Gasteiger partial charge in [-0.2, -0.15) is 0 Å². The minimum atomic E-state index is -0.598. The zero-order chi connectivity index (χ0) is 37.1. The van der Waals surface area contributed by atoms with E-state index in [2.05, 4.69) is 10.3 Å². The highest BCUT2D eigenvalue weighted by molar-refractivity contribution is 6.39. The highest BCUT2D eigenvalue weighted by atomic mass is 35.5. The summed E-state index contributed by atoms with van der Waals surface area (Å²) in [6.07, 6.45) is 1.46. The van der Waals surface area contributed by atoms with Crippen molar-refractivity contribution >= 4 is 46.4 Å². The Balaban J connectivity index is 0.000000142. The van der Waals surface area contributed by atoms with Gasteiger partial charge in [-0.25, -0.2) is 0 Å². The first-order chi connectivity index (χ1) is 26.3. The Morgan fingerprint density at radius 3 is 1.30 bits per heavy atom. The third-order valence-electron chi connectivity index (χ3n) is 10.8. The maximum absolute atomic E-state index is 9.89. The molecule has 6 aliphatic rings. The Labute approximate surface area is 330 Å². The lowest BCUT2D eigenvalue weighted by molar-refractivity contribution is -0.0441. The second kappa shape index (κ2) is 15.6. The van der Waals surface area contributed by atoms with E-state index in [0.29, 0.717) is 80.9 Å². The van der Waals surface area contributed by atoms with Crippen molar-refractivity contribution in [1.82, 2.24) is 10.3 Å². The molecule has 288 valence electrons. The van der Waals surface area contributed by atoms with E-state index in [4.69, 9.17) is 83.9 Å². The molecule has 0 amide bonds. The van der Waals surface area contributed by atoms with Crippen molar-refractivity contribution in [2.24, 2.45) is 0 Å². The maximum atomic E-state index is 9.89. The van der Waals surface area contributed by atoms with Gasteiger partial charge in [-0.3, -0.25) is 0 Å². The van der Waals surface area contributed by atoms with Gasteiger partial charge in [-0.05, 0) is 49.9 Å². The summed E-state index contributed by atoms with van der Waals surface area (Å²) in [5.41, 5.74) is 4.29. The van der Waals surface area contributed by atoms with Gasteiger partial charge in [0.25, 0.3) is 0 Å². The number of aliphatic hydroxyl groups excluding tert-OH is 2. The highest BCUT2D eigenvalue weighted by Crippen LogP contribution is 2.48. The number of benzene rings is 2. The van der Waals surface area contributed by atoms with E-state index < -0.39 is 12.2 Å². The SMILES string of the molecule is O[C@@H]1CO[C@H]2[C@@H]1OC[C@@H]2OCc1c(-c2c(Cl)cccc2Cl)noc1C1CC1.O[C@H]1CO[C@H]2[C@@H]1OC[C@H]2OCc1c(-c2c(Cl)cccc2Cl)noc1C1CC1. The predicted molar refractivity (Wildman–Crippen MR) is 196 cm³/mol. The van der Waals surface area contributed by atoms with E-state index in [-0.39, 0.29) is 49.8 Å². The Morgan fingerprint density at radius 1 is 0.556 bits per heavy atom. The summed E-state index contributed by atoms with van der Waals surface area (Å²) >= 11 is 25.5. The van der Waals surface area contributed by atoms with E-state index in [1.54, 1.807) is 36.4 Å². The van der Waals surface area contributed by atoms with Gasteiger partial charge in [0.15, 0.2) is 0 Å². The van der Waals surface area contributed by atoms with Crippen molar-refractivity contribution in [2.45, 2.75) is 99.6 Å². The normalized spacial score (nSPS) is 30.0. The van der Waals surface area contributed by atoms with Crippen molar-refractivity contribution in [3.8, 4) is 22.5 Å². The largest absolute Gasteiger partial charge is 0.388 e. The molecule has 54 heavy (non-hydrogen) atoms. The van der Waals surface area contributed by atoms with Crippen LogP contribution < -0.4 is 0 Å². The quantitative estimate of drug-likeness (QED) is 0.168. The fourth-order valence-corrected chi connectivity index (χ4v) is 8.80. The monoisotopic (exact) mass is 822 g/mol. The number of halogens is 4. The number of ether oxygens (including phenoxy) is 6. The van der Waals surface area contributed by atoms with Gasteiger partial charge < -0.3 is 47.7 Å². The predicted octanol–water partition coefficient (Wildman–Crippen LogP) is 7.14. The molecule has 2 saturated carbocycles. The summed E-state index contributed by atoms with van der Waals surface area (Å²) in [4.78, 5) is 0. The minimum Gasteiger partial charge on any atom is -0.388 e. The molecule has 2 N–H and O–H groups in total. The number of rotatable bonds is 10. The smallest absolute Gasteiger partial charge is 0.145 e. The van der Waals surface area contributed by atoms with Gasteiger partial charge in [0.2, 0.25) is 0 Å². The van der Waals surface area contributed by atoms with Gasteiger partial charge in [0, 0.05) is 34.1 Å². The molecule has 0 unspecified atom stereocenters. The molecule has 0 bridgehead atoms. The van der Waals surface area contributed by atoms with Crippen LogP contribution in [0.15, 0.2) is 45.4 Å². The summed E-state index contributed by atoms with van der Waals surface area (Å²) in [6.45, 7) is 1.91. The van der Waals surface area contributed by atoms with E-state index >= 15 is 0 Å². The molecule has 6 fully saturated rings. The lowest BCUT2D eigenvalue weighted by Gasteiger charge is -2.17. The zero-order valence-electron chi connectivity index (χ0n) is 28.9. The zero-order valence-corrected chi connectivity index (χ0v) is 31.9. The number of aliphatic hydroxyl groups is 2. The molecule has 0 radical (unpaired) electrons. The Kier molecular flexibility index (Phi) is 10.7. The highest BCUT2D eigenvalue weighted by Gasteiger charge is 2.49. The van der Waals surface area contributed by atoms with Crippen LogP contribution in [-0.2, 0) is 41.6 Å². The molecule has 16 heteroatoms. The molecule has 8 atom stereocenters. The van der Waals surface area contributed by atoms with Crippen LogP contribution in [-0.4, -0.2) is 95.8 Å². The van der Waals surface area contributed by atoms with Crippen molar-refractivity contribution in [3.63, 3.8) is 0 Å². The van der Waals surface area contributed by atoms with Crippen LogP contribution in [0.5, 0.6) is 0 Å². The minimum absolute atomic E-state index is 0.247. The molecule has 4 aromatic rings. The van der Waals surface area contributed by atoms with Gasteiger partial charge >= 0.3 is 0 Å². The maximum Gasteiger partial charge on any atom is 0.145 e. The molecule has 6 heterocycles. The van der Waals surface area contributed by atoms with E-state index in [9.17, 15) is 10.2 Å². The number of nitrogens with zero attached hydrogens (tertiary/aromatic N) is 2. The fraction of sp³-hybridized carbons (Fsp3) is 0.526. The molecule has 0 spiro atoms. The van der Waals surface area contributed by atoms with Crippen molar-refractivity contribution < 1.29 is 47.7 Å². The van der Waals surface area contributed by atoms with Gasteiger partial charge in [0.1, 0.15) is 71.7 Å². The number of aromatic nitrogens is 2. The summed E-state index contributed by atoms with van der Waals surface area (Å²) in [6, 6.07) is 10.7. The van der Waals surface area contributed by atoms with Crippen LogP contribution in [0.3, 0.4) is 0 Å². The first kappa shape index (κ1) is 37.3. The Morgan fingerprint density at radius 2 is 0.926 bits per heavy atom. The van der Waals surface area contributed by atoms with Crippen LogP contribution >= 0.6 is 46.4 Å². The van der Waals surface area contributed by atoms with Crippen molar-refractivity contribution in [1.29, 1.82) is 0 Å². The van der Waals surface area contributed by atoms with Crippen molar-refractivity contribution in [3.05, 3.63) is 79.1 Å². The molecular weight excluding hydrogens is 786 g/mol. The topological polar surface area (TPSA) is 148 Å². The molecule has 2 aromatic heterocycles.